The molecule has 0 saturated heterocycles. The highest BCUT2D eigenvalue weighted by Gasteiger charge is 2.22. The first-order chi connectivity index (χ1) is 19.0. The lowest BCUT2D eigenvalue weighted by molar-refractivity contribution is 0.457. The third kappa shape index (κ3) is 4.90. The molecule has 0 atom stereocenters. The number of sulfonamides is 1. The van der Waals surface area contributed by atoms with Crippen molar-refractivity contribution in [1.82, 2.24) is 15.0 Å². The van der Waals surface area contributed by atoms with E-state index in [0.29, 0.717) is 33.6 Å². The van der Waals surface area contributed by atoms with Crippen LogP contribution in [0.2, 0.25) is 0 Å². The van der Waals surface area contributed by atoms with E-state index in [1.165, 1.54) is 6.07 Å². The molecule has 8 nitrogen and oxygen atoms in total. The topological polar surface area (TPSA) is 123 Å². The van der Waals surface area contributed by atoms with Crippen LogP contribution in [0.25, 0.3) is 22.2 Å². The largest absolute Gasteiger partial charge is 0.494 e. The number of aliphatic imine (C=N–C) groups is 1. The molecule has 4 N–H and O–H groups in total. The number of hydrogen-bond acceptors (Lipinski definition) is 5. The van der Waals surface area contributed by atoms with Gasteiger partial charge in [0.05, 0.1) is 40.1 Å². The number of H-pyrrole nitrogens is 2. The minimum absolute atomic E-state index is 0.0652. The molecule has 9 heteroatoms. The molecule has 0 unspecified atom stereocenters. The van der Waals surface area contributed by atoms with Gasteiger partial charge < -0.3 is 15.1 Å². The van der Waals surface area contributed by atoms with Crippen molar-refractivity contribution in [2.75, 3.05) is 4.72 Å². The van der Waals surface area contributed by atoms with Crippen LogP contribution in [0, 0.1) is 0 Å². The molecule has 0 saturated carbocycles. The molecule has 0 fully saturated rings. The molecule has 0 aliphatic carbocycles. The molecule has 0 bridgehead atoms. The summed E-state index contributed by atoms with van der Waals surface area (Å²) in [6.45, 7) is 0. The summed E-state index contributed by atoms with van der Waals surface area (Å²) in [6.07, 6.45) is 3.37. The van der Waals surface area contributed by atoms with Crippen LogP contribution in [0.1, 0.15) is 11.1 Å². The molecule has 0 amide bonds. The number of fused-ring (bicyclic) bond motifs is 1. The van der Waals surface area contributed by atoms with Crippen molar-refractivity contribution in [1.29, 1.82) is 0 Å². The van der Waals surface area contributed by atoms with Crippen LogP contribution in [0.15, 0.2) is 126 Å². The lowest BCUT2D eigenvalue weighted by Crippen LogP contribution is -2.12. The SMILES string of the molecule is O=S(=O)(Nc1ccccc1)c1ccc2[nH]c(O)c(C(=Nc3ccc(-c4cnc[nH]4)cc3)c3ccccc3)c2c1. The summed E-state index contributed by atoms with van der Waals surface area (Å²) in [5.74, 6) is -0.104. The summed E-state index contributed by atoms with van der Waals surface area (Å²) in [4.78, 5) is 15.1. The molecule has 0 aliphatic heterocycles. The van der Waals surface area contributed by atoms with Gasteiger partial charge in [0.2, 0.25) is 0 Å². The van der Waals surface area contributed by atoms with Crippen molar-refractivity contribution in [2.45, 2.75) is 4.90 Å². The Bertz CT molecular complexity index is 1880. The minimum Gasteiger partial charge on any atom is -0.494 e. The maximum atomic E-state index is 13.2. The van der Waals surface area contributed by atoms with Crippen LogP contribution in [0.4, 0.5) is 11.4 Å². The van der Waals surface area contributed by atoms with Gasteiger partial charge in [0.1, 0.15) is 0 Å². The average molecular weight is 534 g/mol. The molecule has 4 aromatic carbocycles. The molecular formula is C30H23N5O3S. The molecule has 2 heterocycles. The number of nitrogens with one attached hydrogen (secondary N) is 3. The highest BCUT2D eigenvalue weighted by molar-refractivity contribution is 7.92. The Morgan fingerprint density at radius 2 is 1.59 bits per heavy atom. The van der Waals surface area contributed by atoms with Gasteiger partial charge in [0, 0.05) is 22.2 Å². The van der Waals surface area contributed by atoms with E-state index in [4.69, 9.17) is 4.99 Å². The van der Waals surface area contributed by atoms with Gasteiger partial charge in [-0.05, 0) is 48.0 Å². The van der Waals surface area contributed by atoms with Gasteiger partial charge in [-0.2, -0.15) is 0 Å². The maximum absolute atomic E-state index is 13.2. The molecule has 2 aromatic heterocycles. The second-order valence-corrected chi connectivity index (χ2v) is 10.5. The van der Waals surface area contributed by atoms with Crippen LogP contribution < -0.4 is 4.72 Å². The van der Waals surface area contributed by atoms with Gasteiger partial charge in [0.15, 0.2) is 5.88 Å². The number of nitrogens with zero attached hydrogens (tertiary/aromatic N) is 2. The number of anilines is 1. The Hall–Kier alpha value is -5.15. The Kier molecular flexibility index (Phi) is 6.18. The van der Waals surface area contributed by atoms with Gasteiger partial charge in [-0.3, -0.25) is 4.72 Å². The fraction of sp³-hybridized carbons (Fsp3) is 0. The standard InChI is InChI=1S/C30H23N5O3S/c36-30-28(25-17-24(15-16-26(25)34-30)39(37,38)35-23-9-5-2-6-10-23)29(21-7-3-1-4-8-21)33-22-13-11-20(12-14-22)27-18-31-19-32-27/h1-19,34-36H,(H,31,32). The number of aromatic hydroxyl groups is 1. The van der Waals surface area contributed by atoms with Gasteiger partial charge in [0.25, 0.3) is 10.0 Å². The van der Waals surface area contributed by atoms with E-state index < -0.39 is 10.0 Å². The molecule has 0 aliphatic rings. The quantitative estimate of drug-likeness (QED) is 0.182. The highest BCUT2D eigenvalue weighted by Crippen LogP contribution is 2.33. The first-order valence-electron chi connectivity index (χ1n) is 12.1. The Morgan fingerprint density at radius 3 is 2.28 bits per heavy atom. The summed E-state index contributed by atoms with van der Waals surface area (Å²) in [6, 6.07) is 30.5. The number of hydrogen-bond donors (Lipinski definition) is 4. The van der Waals surface area contributed by atoms with Gasteiger partial charge >= 0.3 is 0 Å². The number of rotatable bonds is 7. The van der Waals surface area contributed by atoms with Crippen LogP contribution in [0.3, 0.4) is 0 Å². The Labute approximate surface area is 224 Å². The van der Waals surface area contributed by atoms with Crippen molar-refractivity contribution >= 4 is 38.0 Å². The van der Waals surface area contributed by atoms with E-state index in [2.05, 4.69) is 19.7 Å². The molecule has 192 valence electrons. The second-order valence-electron chi connectivity index (χ2n) is 8.87. The van der Waals surface area contributed by atoms with Crippen LogP contribution in [-0.2, 0) is 10.0 Å². The summed E-state index contributed by atoms with van der Waals surface area (Å²) < 4.78 is 29.0. The zero-order valence-electron chi connectivity index (χ0n) is 20.5. The molecule has 6 rings (SSSR count). The lowest BCUT2D eigenvalue weighted by atomic mass is 10.0. The third-order valence-electron chi connectivity index (χ3n) is 6.29. The predicted octanol–water partition coefficient (Wildman–Crippen LogP) is 6.23. The van der Waals surface area contributed by atoms with Crippen LogP contribution >= 0.6 is 0 Å². The van der Waals surface area contributed by atoms with Crippen molar-refractivity contribution in [3.05, 3.63) is 127 Å². The number of para-hydroxylation sites is 1. The first kappa shape index (κ1) is 24.2. The third-order valence-corrected chi connectivity index (χ3v) is 7.67. The number of imidazole rings is 1. The number of aromatic amines is 2. The number of benzene rings is 4. The fourth-order valence-corrected chi connectivity index (χ4v) is 5.49. The number of aromatic nitrogens is 3. The smallest absolute Gasteiger partial charge is 0.261 e. The molecule has 0 radical (unpaired) electrons. The Balaban J connectivity index is 1.47. The van der Waals surface area contributed by atoms with Crippen molar-refractivity contribution in [2.24, 2.45) is 4.99 Å². The Morgan fingerprint density at radius 1 is 0.872 bits per heavy atom. The zero-order valence-corrected chi connectivity index (χ0v) is 21.4. The van der Waals surface area contributed by atoms with E-state index in [-0.39, 0.29) is 10.8 Å². The normalized spacial score (nSPS) is 12.1. The highest BCUT2D eigenvalue weighted by atomic mass is 32.2. The van der Waals surface area contributed by atoms with Crippen LogP contribution in [0.5, 0.6) is 5.88 Å². The average Bonchev–Trinajstić information content (AvgIpc) is 3.60. The molecule has 39 heavy (non-hydrogen) atoms. The van der Waals surface area contributed by atoms with Gasteiger partial charge in [-0.25, -0.2) is 18.4 Å². The fourth-order valence-electron chi connectivity index (χ4n) is 4.40. The minimum atomic E-state index is -3.88. The van der Waals surface area contributed by atoms with E-state index >= 15 is 0 Å². The summed E-state index contributed by atoms with van der Waals surface area (Å²) >= 11 is 0. The van der Waals surface area contributed by atoms with Crippen molar-refractivity contribution < 1.29 is 13.5 Å². The predicted molar refractivity (Wildman–Crippen MR) is 153 cm³/mol. The summed E-state index contributed by atoms with van der Waals surface area (Å²) in [5, 5.41) is 11.6. The van der Waals surface area contributed by atoms with E-state index in [1.54, 1.807) is 48.9 Å². The van der Waals surface area contributed by atoms with Crippen molar-refractivity contribution in [3.8, 4) is 17.1 Å². The van der Waals surface area contributed by atoms with Crippen molar-refractivity contribution in [3.63, 3.8) is 0 Å². The van der Waals surface area contributed by atoms with E-state index in [9.17, 15) is 13.5 Å². The maximum Gasteiger partial charge on any atom is 0.261 e. The van der Waals surface area contributed by atoms with Gasteiger partial charge in [-0.15, -0.1) is 0 Å². The van der Waals surface area contributed by atoms with Crippen LogP contribution in [-0.4, -0.2) is 34.2 Å². The molecule has 6 aromatic rings. The van der Waals surface area contributed by atoms with Gasteiger partial charge in [-0.1, -0.05) is 60.7 Å². The second kappa shape index (κ2) is 9.96. The molecule has 0 spiro atoms. The summed E-state index contributed by atoms with van der Waals surface area (Å²) in [7, 11) is -3.88. The summed E-state index contributed by atoms with van der Waals surface area (Å²) in [5.41, 5.74) is 5.23. The zero-order chi connectivity index (χ0) is 26.8. The molecular weight excluding hydrogens is 510 g/mol. The first-order valence-corrected chi connectivity index (χ1v) is 13.6. The van der Waals surface area contributed by atoms with E-state index in [0.717, 1.165) is 16.8 Å². The monoisotopic (exact) mass is 533 g/mol. The van der Waals surface area contributed by atoms with E-state index in [1.807, 2.05) is 60.7 Å². The lowest BCUT2D eigenvalue weighted by Gasteiger charge is -2.10.